The lowest BCUT2D eigenvalue weighted by Crippen LogP contribution is -1.94. The molecule has 0 fully saturated rings. The second-order valence-corrected chi connectivity index (χ2v) is 6.32. The Balaban J connectivity index is 1.95. The lowest BCUT2D eigenvalue weighted by Gasteiger charge is -2.16. The molecule has 136 valence electrons. The minimum absolute atomic E-state index is 0.128. The molecule has 0 saturated carbocycles. The molecule has 0 radical (unpaired) electrons. The van der Waals surface area contributed by atoms with Gasteiger partial charge in [0.25, 0.3) is 0 Å². The van der Waals surface area contributed by atoms with Crippen molar-refractivity contribution in [3.05, 3.63) is 42.6 Å². The number of H-pyrrole nitrogens is 1. The van der Waals surface area contributed by atoms with Crippen LogP contribution in [0.25, 0.3) is 32.7 Å². The van der Waals surface area contributed by atoms with Crippen molar-refractivity contribution in [1.29, 1.82) is 0 Å². The maximum Gasteiger partial charge on any atom is 0.231 e. The van der Waals surface area contributed by atoms with Crippen LogP contribution in [-0.2, 0) is 0 Å². The number of aromatic amines is 1. The molecule has 0 unspecified atom stereocenters. The molecule has 2 heterocycles. The molecule has 3 aromatic carbocycles. The first-order valence-corrected chi connectivity index (χ1v) is 8.49. The summed E-state index contributed by atoms with van der Waals surface area (Å²) < 4.78 is 22.2. The molecule has 1 aromatic heterocycles. The zero-order valence-corrected chi connectivity index (χ0v) is 14.8. The lowest BCUT2D eigenvalue weighted by molar-refractivity contribution is 0.174. The number of aromatic hydroxyl groups is 1. The topological polar surface area (TPSA) is 72.9 Å². The number of rotatable bonds is 3. The van der Waals surface area contributed by atoms with E-state index in [0.29, 0.717) is 17.2 Å². The van der Waals surface area contributed by atoms with E-state index in [1.165, 1.54) is 0 Å². The van der Waals surface area contributed by atoms with Gasteiger partial charge in [-0.3, -0.25) is 0 Å². The normalized spacial score (nSPS) is 12.7. The molecule has 0 bridgehead atoms. The highest BCUT2D eigenvalue weighted by atomic mass is 16.7. The van der Waals surface area contributed by atoms with Gasteiger partial charge < -0.3 is 29.0 Å². The van der Waals surface area contributed by atoms with Crippen LogP contribution in [0.4, 0.5) is 0 Å². The third kappa shape index (κ3) is 2.19. The van der Waals surface area contributed by atoms with Crippen molar-refractivity contribution in [3.63, 3.8) is 0 Å². The Hall–Kier alpha value is -3.54. The van der Waals surface area contributed by atoms with Crippen LogP contribution in [0, 0.1) is 0 Å². The van der Waals surface area contributed by atoms with E-state index in [2.05, 4.69) is 4.98 Å². The van der Waals surface area contributed by atoms with Crippen molar-refractivity contribution in [2.75, 3.05) is 21.0 Å². The van der Waals surface area contributed by atoms with E-state index in [-0.39, 0.29) is 12.7 Å². The average Bonchev–Trinajstić information content (AvgIpc) is 3.31. The summed E-state index contributed by atoms with van der Waals surface area (Å²) in [4.78, 5) is 2.91. The van der Waals surface area contributed by atoms with Crippen LogP contribution in [0.1, 0.15) is 0 Å². The number of nitrogens with one attached hydrogen (secondary N) is 1. The molecule has 0 atom stereocenters. The zero-order valence-electron chi connectivity index (χ0n) is 14.8. The number of methoxy groups -OCH3 is 2. The first-order chi connectivity index (χ1) is 13.2. The Morgan fingerprint density at radius 3 is 2.63 bits per heavy atom. The van der Waals surface area contributed by atoms with Crippen molar-refractivity contribution >= 4 is 21.5 Å². The van der Waals surface area contributed by atoms with Gasteiger partial charge in [-0.05, 0) is 35.2 Å². The number of hydrogen-bond donors (Lipinski definition) is 2. The fourth-order valence-corrected chi connectivity index (χ4v) is 3.74. The highest BCUT2D eigenvalue weighted by Crippen LogP contribution is 2.47. The van der Waals surface area contributed by atoms with Gasteiger partial charge in [-0.25, -0.2) is 0 Å². The van der Waals surface area contributed by atoms with Gasteiger partial charge in [0.2, 0.25) is 6.79 Å². The smallest absolute Gasteiger partial charge is 0.231 e. The van der Waals surface area contributed by atoms with E-state index < -0.39 is 0 Å². The highest BCUT2D eigenvalue weighted by Gasteiger charge is 2.21. The molecule has 0 amide bonds. The second-order valence-electron chi connectivity index (χ2n) is 6.32. The molecular formula is C21H17NO5. The predicted octanol–water partition coefficient (Wildman–Crippen LogP) is 4.44. The van der Waals surface area contributed by atoms with Crippen LogP contribution in [0.2, 0.25) is 0 Å². The standard InChI is InChI=1S/C21H17NO5/c1-24-16-6-4-11-7-13-14(9-22-21(13)23)18(19(11)20(16)25-2)12-3-5-15-17(8-12)27-10-26-15/h3-9,22-23H,10H2,1-2H3. The average molecular weight is 363 g/mol. The summed E-state index contributed by atoms with van der Waals surface area (Å²) in [5.41, 5.74) is 1.86. The molecule has 6 heteroatoms. The SMILES string of the molecule is COc1ccc2cc3c(O)[nH]cc3c(-c3ccc4c(c3)OCO4)c2c1OC. The number of benzene rings is 3. The number of hydrogen-bond acceptors (Lipinski definition) is 5. The molecule has 1 aliphatic rings. The van der Waals surface area contributed by atoms with Crippen molar-refractivity contribution in [2.24, 2.45) is 0 Å². The molecule has 6 nitrogen and oxygen atoms in total. The van der Waals surface area contributed by atoms with Crippen LogP contribution in [0.5, 0.6) is 28.9 Å². The largest absolute Gasteiger partial charge is 0.494 e. The highest BCUT2D eigenvalue weighted by molar-refractivity contribution is 6.16. The van der Waals surface area contributed by atoms with E-state index >= 15 is 0 Å². The van der Waals surface area contributed by atoms with Crippen molar-refractivity contribution in [3.8, 4) is 40.0 Å². The van der Waals surface area contributed by atoms with E-state index in [9.17, 15) is 5.11 Å². The molecule has 0 aliphatic carbocycles. The lowest BCUT2D eigenvalue weighted by atomic mass is 9.93. The summed E-state index contributed by atoms with van der Waals surface area (Å²) in [7, 11) is 3.24. The van der Waals surface area contributed by atoms with Gasteiger partial charge in [0.1, 0.15) is 0 Å². The quantitative estimate of drug-likeness (QED) is 0.563. The molecular weight excluding hydrogens is 346 g/mol. The van der Waals surface area contributed by atoms with Gasteiger partial charge in [-0.2, -0.15) is 0 Å². The molecule has 0 spiro atoms. The number of ether oxygens (including phenoxy) is 4. The number of aromatic nitrogens is 1. The Morgan fingerprint density at radius 2 is 1.81 bits per heavy atom. The summed E-state index contributed by atoms with van der Waals surface area (Å²) >= 11 is 0. The summed E-state index contributed by atoms with van der Waals surface area (Å²) in [5, 5.41) is 13.7. The minimum atomic E-state index is 0.128. The Kier molecular flexibility index (Phi) is 3.33. The predicted molar refractivity (Wildman–Crippen MR) is 102 cm³/mol. The summed E-state index contributed by atoms with van der Waals surface area (Å²) in [6, 6.07) is 11.6. The first kappa shape index (κ1) is 15.7. The summed E-state index contributed by atoms with van der Waals surface area (Å²) in [5.74, 6) is 2.83. The van der Waals surface area contributed by atoms with E-state index in [0.717, 1.165) is 38.4 Å². The summed E-state index contributed by atoms with van der Waals surface area (Å²) in [6.45, 7) is 0.214. The number of fused-ring (bicyclic) bond motifs is 3. The maximum atomic E-state index is 10.3. The van der Waals surface area contributed by atoms with Gasteiger partial charge in [0.05, 0.1) is 14.2 Å². The van der Waals surface area contributed by atoms with Gasteiger partial charge >= 0.3 is 0 Å². The van der Waals surface area contributed by atoms with Gasteiger partial charge in [0.15, 0.2) is 28.9 Å². The monoisotopic (exact) mass is 363 g/mol. The van der Waals surface area contributed by atoms with Crippen LogP contribution < -0.4 is 18.9 Å². The Bertz CT molecular complexity index is 1190. The molecule has 1 aliphatic heterocycles. The Labute approximate surface area is 154 Å². The molecule has 2 N–H and O–H groups in total. The van der Waals surface area contributed by atoms with E-state index in [1.807, 2.05) is 36.4 Å². The minimum Gasteiger partial charge on any atom is -0.494 e. The van der Waals surface area contributed by atoms with Gasteiger partial charge in [0, 0.05) is 27.9 Å². The fourth-order valence-electron chi connectivity index (χ4n) is 3.74. The molecule has 5 rings (SSSR count). The zero-order chi connectivity index (χ0) is 18.5. The first-order valence-electron chi connectivity index (χ1n) is 8.49. The van der Waals surface area contributed by atoms with Gasteiger partial charge in [-0.1, -0.05) is 12.1 Å². The fraction of sp³-hybridized carbons (Fsp3) is 0.143. The van der Waals surface area contributed by atoms with Crippen molar-refractivity contribution in [1.82, 2.24) is 4.98 Å². The molecule has 4 aromatic rings. The molecule has 27 heavy (non-hydrogen) atoms. The van der Waals surface area contributed by atoms with Gasteiger partial charge in [-0.15, -0.1) is 0 Å². The Morgan fingerprint density at radius 1 is 0.963 bits per heavy atom. The third-order valence-electron chi connectivity index (χ3n) is 4.96. The van der Waals surface area contributed by atoms with Crippen molar-refractivity contribution < 1.29 is 24.1 Å². The van der Waals surface area contributed by atoms with E-state index in [4.69, 9.17) is 18.9 Å². The summed E-state index contributed by atoms with van der Waals surface area (Å²) in [6.07, 6.45) is 1.79. The van der Waals surface area contributed by atoms with Crippen LogP contribution in [0.15, 0.2) is 42.6 Å². The van der Waals surface area contributed by atoms with E-state index in [1.54, 1.807) is 20.4 Å². The second kappa shape index (κ2) is 5.74. The van der Waals surface area contributed by atoms with Crippen LogP contribution in [-0.4, -0.2) is 31.1 Å². The maximum absolute atomic E-state index is 10.3. The van der Waals surface area contributed by atoms with Crippen LogP contribution in [0.3, 0.4) is 0 Å². The third-order valence-corrected chi connectivity index (χ3v) is 4.96. The van der Waals surface area contributed by atoms with Crippen LogP contribution >= 0.6 is 0 Å². The molecule has 0 saturated heterocycles. The van der Waals surface area contributed by atoms with Crippen molar-refractivity contribution in [2.45, 2.75) is 0 Å².